The summed E-state index contributed by atoms with van der Waals surface area (Å²) in [7, 11) is 0. The summed E-state index contributed by atoms with van der Waals surface area (Å²) in [6, 6.07) is 0.306. The maximum absolute atomic E-state index is 12.3. The topological polar surface area (TPSA) is 69.7 Å². The lowest BCUT2D eigenvalue weighted by Crippen LogP contribution is -2.45. The third kappa shape index (κ3) is 1.03. The molecule has 5 nitrogen and oxygen atoms in total. The largest absolute Gasteiger partial charge is 0.550 e. The number of carbonyl (C=O) groups excluding carboxylic acids is 2. The van der Waals surface area contributed by atoms with E-state index in [1.807, 2.05) is 6.08 Å². The highest BCUT2D eigenvalue weighted by Gasteiger charge is 2.66. The predicted molar refractivity (Wildman–Crippen MR) is 53.5 cm³/mol. The van der Waals surface area contributed by atoms with E-state index >= 15 is 0 Å². The van der Waals surface area contributed by atoms with Crippen LogP contribution in [0.4, 0.5) is 0 Å². The summed E-state index contributed by atoms with van der Waals surface area (Å²) >= 11 is 0. The van der Waals surface area contributed by atoms with Crippen LogP contribution in [0.15, 0.2) is 12.2 Å². The molecular formula is C12H12NO4-. The number of ether oxygens (including phenoxy) is 1. The van der Waals surface area contributed by atoms with E-state index in [1.165, 1.54) is 0 Å². The Kier molecular flexibility index (Phi) is 1.54. The zero-order chi connectivity index (χ0) is 11.8. The fraction of sp³-hybridized carbons (Fsp3) is 0.667. The van der Waals surface area contributed by atoms with Gasteiger partial charge in [0.25, 0.3) is 0 Å². The predicted octanol–water partition coefficient (Wildman–Crippen LogP) is -1.32. The second-order valence-electron chi connectivity index (χ2n) is 5.42. The standard InChI is InChI=1S/C12H13NO4/c14-10-9-8(11(15)16)7-3-4-12(9,17-7)5-13(10)6-1-2-6/h3-4,6-9H,1-2,5H2,(H,15,16)/p-1/t7-,8-,9+,12+/m0/s1. The van der Waals surface area contributed by atoms with Crippen molar-refractivity contribution in [2.45, 2.75) is 30.6 Å². The zero-order valence-electron chi connectivity index (χ0n) is 9.17. The quantitative estimate of drug-likeness (QED) is 0.556. The van der Waals surface area contributed by atoms with Crippen molar-refractivity contribution >= 4 is 11.9 Å². The highest BCUT2D eigenvalue weighted by Crippen LogP contribution is 2.53. The van der Waals surface area contributed by atoms with Crippen molar-refractivity contribution < 1.29 is 19.4 Å². The van der Waals surface area contributed by atoms with E-state index in [0.29, 0.717) is 12.6 Å². The molecule has 2 saturated heterocycles. The number of nitrogens with zero attached hydrogens (tertiary/aromatic N) is 1. The Balaban J connectivity index is 1.76. The van der Waals surface area contributed by atoms with E-state index in [2.05, 4.69) is 0 Å². The van der Waals surface area contributed by atoms with Gasteiger partial charge in [-0.05, 0) is 12.8 Å². The Morgan fingerprint density at radius 3 is 2.94 bits per heavy atom. The summed E-state index contributed by atoms with van der Waals surface area (Å²) in [6.45, 7) is 0.512. The Morgan fingerprint density at radius 1 is 1.53 bits per heavy atom. The zero-order valence-corrected chi connectivity index (χ0v) is 9.17. The second-order valence-corrected chi connectivity index (χ2v) is 5.42. The maximum Gasteiger partial charge on any atom is 0.230 e. The van der Waals surface area contributed by atoms with Gasteiger partial charge in [-0.15, -0.1) is 0 Å². The van der Waals surface area contributed by atoms with Crippen molar-refractivity contribution in [1.29, 1.82) is 0 Å². The molecule has 17 heavy (non-hydrogen) atoms. The van der Waals surface area contributed by atoms with E-state index in [9.17, 15) is 14.7 Å². The first-order valence-corrected chi connectivity index (χ1v) is 6.01. The number of carboxylic acid groups (broad SMARTS) is 1. The molecule has 0 N–H and O–H groups in total. The number of amides is 1. The molecule has 4 atom stereocenters. The van der Waals surface area contributed by atoms with Crippen LogP contribution in [0.5, 0.6) is 0 Å². The van der Waals surface area contributed by atoms with Crippen molar-refractivity contribution in [3.05, 3.63) is 12.2 Å². The molecule has 0 aromatic carbocycles. The molecule has 1 aliphatic carbocycles. The Morgan fingerprint density at radius 2 is 2.29 bits per heavy atom. The molecule has 1 amide bonds. The van der Waals surface area contributed by atoms with Gasteiger partial charge in [0.2, 0.25) is 5.91 Å². The van der Waals surface area contributed by atoms with Gasteiger partial charge in [-0.25, -0.2) is 0 Å². The normalized spacial score (nSPS) is 46.7. The van der Waals surface area contributed by atoms with Crippen LogP contribution in [0.25, 0.3) is 0 Å². The third-order valence-corrected chi connectivity index (χ3v) is 4.39. The third-order valence-electron chi connectivity index (χ3n) is 4.39. The van der Waals surface area contributed by atoms with Crippen molar-refractivity contribution in [1.82, 2.24) is 4.90 Å². The van der Waals surface area contributed by atoms with Gasteiger partial charge in [-0.3, -0.25) is 4.79 Å². The smallest absolute Gasteiger partial charge is 0.230 e. The van der Waals surface area contributed by atoms with Crippen LogP contribution in [-0.4, -0.2) is 41.1 Å². The van der Waals surface area contributed by atoms with Gasteiger partial charge in [0.15, 0.2) is 0 Å². The van der Waals surface area contributed by atoms with Crippen LogP contribution in [-0.2, 0) is 14.3 Å². The number of hydrogen-bond acceptors (Lipinski definition) is 4. The highest BCUT2D eigenvalue weighted by atomic mass is 16.5. The lowest BCUT2D eigenvalue weighted by molar-refractivity contribution is -0.313. The van der Waals surface area contributed by atoms with Crippen molar-refractivity contribution in [3.8, 4) is 0 Å². The molecule has 4 aliphatic rings. The fourth-order valence-electron chi connectivity index (χ4n) is 3.49. The van der Waals surface area contributed by atoms with Gasteiger partial charge < -0.3 is 19.5 Å². The van der Waals surface area contributed by atoms with Gasteiger partial charge >= 0.3 is 0 Å². The van der Waals surface area contributed by atoms with Crippen LogP contribution >= 0.6 is 0 Å². The highest BCUT2D eigenvalue weighted by molar-refractivity contribution is 5.90. The van der Waals surface area contributed by atoms with Crippen molar-refractivity contribution in [3.63, 3.8) is 0 Å². The average molecular weight is 234 g/mol. The second kappa shape index (κ2) is 2.72. The molecule has 5 heteroatoms. The summed E-state index contributed by atoms with van der Waals surface area (Å²) in [5, 5.41) is 11.2. The Bertz CT molecular complexity index is 455. The molecule has 4 rings (SSSR count). The number of carboxylic acids is 1. The number of carbonyl (C=O) groups is 2. The first-order chi connectivity index (χ1) is 8.12. The Labute approximate surface area is 98.0 Å². The number of hydrogen-bond donors (Lipinski definition) is 0. The van der Waals surface area contributed by atoms with Crippen LogP contribution in [0.2, 0.25) is 0 Å². The molecule has 90 valence electrons. The first kappa shape index (κ1) is 9.65. The summed E-state index contributed by atoms with van der Waals surface area (Å²) in [5.41, 5.74) is -0.685. The molecule has 1 saturated carbocycles. The summed E-state index contributed by atoms with van der Waals surface area (Å²) in [4.78, 5) is 25.3. The van der Waals surface area contributed by atoms with E-state index in [4.69, 9.17) is 4.74 Å². The van der Waals surface area contributed by atoms with Crippen LogP contribution < -0.4 is 5.11 Å². The summed E-state index contributed by atoms with van der Waals surface area (Å²) < 4.78 is 5.74. The molecule has 3 heterocycles. The van der Waals surface area contributed by atoms with E-state index in [1.54, 1.807) is 11.0 Å². The molecule has 1 spiro atoms. The summed E-state index contributed by atoms with van der Waals surface area (Å²) in [5.74, 6) is -2.61. The average Bonchev–Trinajstić information content (AvgIpc) is 2.89. The number of rotatable bonds is 2. The van der Waals surface area contributed by atoms with E-state index in [0.717, 1.165) is 12.8 Å². The van der Waals surface area contributed by atoms with Crippen LogP contribution in [0, 0.1) is 11.8 Å². The number of likely N-dealkylation sites (tertiary alicyclic amines) is 1. The number of aliphatic carboxylic acids is 1. The minimum Gasteiger partial charge on any atom is -0.550 e. The van der Waals surface area contributed by atoms with Crippen LogP contribution in [0.3, 0.4) is 0 Å². The van der Waals surface area contributed by atoms with Gasteiger partial charge in [0.05, 0.1) is 18.6 Å². The van der Waals surface area contributed by atoms with Gasteiger partial charge in [-0.1, -0.05) is 12.2 Å². The van der Waals surface area contributed by atoms with Gasteiger partial charge in [0.1, 0.15) is 5.60 Å². The lowest BCUT2D eigenvalue weighted by atomic mass is 9.77. The Hall–Kier alpha value is -1.36. The minimum absolute atomic E-state index is 0.0615. The fourth-order valence-corrected chi connectivity index (χ4v) is 3.49. The molecule has 3 aliphatic heterocycles. The minimum atomic E-state index is -1.17. The molecule has 0 unspecified atom stereocenters. The molecular weight excluding hydrogens is 222 g/mol. The molecule has 0 aromatic rings. The van der Waals surface area contributed by atoms with Crippen LogP contribution in [0.1, 0.15) is 12.8 Å². The monoisotopic (exact) mass is 234 g/mol. The SMILES string of the molecule is O=C([O-])[C@H]1[C@@H]2C=C[C@]3(CN(C4CC4)C(=O)[C@@H]13)O2. The first-order valence-electron chi connectivity index (χ1n) is 6.01. The van der Waals surface area contributed by atoms with Crippen molar-refractivity contribution in [2.24, 2.45) is 11.8 Å². The van der Waals surface area contributed by atoms with Gasteiger partial charge in [0, 0.05) is 17.9 Å². The molecule has 2 bridgehead atoms. The van der Waals surface area contributed by atoms with Crippen molar-refractivity contribution in [2.75, 3.05) is 6.54 Å². The van der Waals surface area contributed by atoms with E-state index < -0.39 is 29.5 Å². The maximum atomic E-state index is 12.3. The molecule has 0 aromatic heterocycles. The molecule has 0 radical (unpaired) electrons. The van der Waals surface area contributed by atoms with Gasteiger partial charge in [-0.2, -0.15) is 0 Å². The van der Waals surface area contributed by atoms with E-state index in [-0.39, 0.29) is 5.91 Å². The number of fused-ring (bicyclic) bond motifs is 1. The lowest BCUT2D eigenvalue weighted by Gasteiger charge is -2.24. The molecule has 3 fully saturated rings. The summed E-state index contributed by atoms with van der Waals surface area (Å²) in [6.07, 6.45) is 5.22.